The van der Waals surface area contributed by atoms with Crippen LogP contribution in [0.15, 0.2) is 59.8 Å². The first kappa shape index (κ1) is 18.9. The summed E-state index contributed by atoms with van der Waals surface area (Å²) < 4.78 is 0. The molecule has 4 nitrogen and oxygen atoms in total. The fraction of sp³-hybridized carbons (Fsp3) is 0.381. The van der Waals surface area contributed by atoms with Gasteiger partial charge in [-0.15, -0.1) is 0 Å². The Morgan fingerprint density at radius 3 is 2.77 bits per heavy atom. The van der Waals surface area contributed by atoms with E-state index in [0.29, 0.717) is 13.1 Å². The molecule has 0 bridgehead atoms. The number of halogens is 1. The van der Waals surface area contributed by atoms with Crippen LogP contribution in [-0.2, 0) is 11.4 Å². The predicted molar refractivity (Wildman–Crippen MR) is 105 cm³/mol. The molecule has 0 saturated carbocycles. The fourth-order valence-corrected chi connectivity index (χ4v) is 3.35. The number of rotatable bonds is 8. The van der Waals surface area contributed by atoms with Gasteiger partial charge in [0.25, 0.3) is 0 Å². The van der Waals surface area contributed by atoms with Gasteiger partial charge in [0.1, 0.15) is 6.10 Å². The van der Waals surface area contributed by atoms with Crippen LogP contribution in [0.3, 0.4) is 0 Å². The topological polar surface area (TPSA) is 45.1 Å². The van der Waals surface area contributed by atoms with Gasteiger partial charge in [0.05, 0.1) is 11.8 Å². The zero-order valence-electron chi connectivity index (χ0n) is 15.0. The smallest absolute Gasteiger partial charge is 0.145 e. The molecular weight excluding hydrogens is 348 g/mol. The molecule has 138 valence electrons. The number of aliphatic hydroxyl groups is 1. The van der Waals surface area contributed by atoms with Crippen molar-refractivity contribution in [3.8, 4) is 0 Å². The average molecular weight is 373 g/mol. The normalized spacial score (nSPS) is 17.8. The SMILES string of the molecule is CCC(O)CN(Cc1cccc(Cl)c1)CC1CC(c2ccccc2)=NO1. The highest BCUT2D eigenvalue weighted by Crippen LogP contribution is 2.19. The molecule has 3 rings (SSSR count). The third kappa shape index (κ3) is 5.31. The first-order chi connectivity index (χ1) is 12.6. The molecule has 0 amide bonds. The molecule has 1 aliphatic rings. The van der Waals surface area contributed by atoms with Crippen molar-refractivity contribution >= 4 is 17.3 Å². The summed E-state index contributed by atoms with van der Waals surface area (Å²) in [6.45, 7) is 4.02. The van der Waals surface area contributed by atoms with Crippen LogP contribution in [0.5, 0.6) is 0 Å². The lowest BCUT2D eigenvalue weighted by Crippen LogP contribution is -2.37. The number of benzene rings is 2. The Morgan fingerprint density at radius 1 is 1.23 bits per heavy atom. The van der Waals surface area contributed by atoms with E-state index >= 15 is 0 Å². The quantitative estimate of drug-likeness (QED) is 0.758. The van der Waals surface area contributed by atoms with E-state index in [2.05, 4.69) is 28.3 Å². The molecular formula is C21H25ClN2O2. The van der Waals surface area contributed by atoms with Crippen molar-refractivity contribution in [1.29, 1.82) is 0 Å². The van der Waals surface area contributed by atoms with E-state index in [9.17, 15) is 5.11 Å². The molecule has 5 heteroatoms. The van der Waals surface area contributed by atoms with Crippen LogP contribution < -0.4 is 0 Å². The van der Waals surface area contributed by atoms with E-state index in [1.54, 1.807) is 0 Å². The van der Waals surface area contributed by atoms with Crippen LogP contribution in [0.2, 0.25) is 5.02 Å². The molecule has 0 saturated heterocycles. The van der Waals surface area contributed by atoms with Crippen LogP contribution >= 0.6 is 11.6 Å². The van der Waals surface area contributed by atoms with Gasteiger partial charge in [-0.3, -0.25) is 4.90 Å². The van der Waals surface area contributed by atoms with E-state index in [0.717, 1.165) is 41.2 Å². The zero-order chi connectivity index (χ0) is 18.4. The Kier molecular flexibility index (Phi) is 6.67. The van der Waals surface area contributed by atoms with Gasteiger partial charge in [-0.2, -0.15) is 0 Å². The van der Waals surface area contributed by atoms with Crippen molar-refractivity contribution < 1.29 is 9.94 Å². The summed E-state index contributed by atoms with van der Waals surface area (Å²) in [5.74, 6) is 0. The third-order valence-corrected chi connectivity index (χ3v) is 4.77. The Bertz CT molecular complexity index is 736. The molecule has 0 radical (unpaired) electrons. The molecule has 2 atom stereocenters. The van der Waals surface area contributed by atoms with Crippen LogP contribution in [0, 0.1) is 0 Å². The molecule has 1 N–H and O–H groups in total. The molecule has 2 aromatic rings. The second-order valence-corrected chi connectivity index (χ2v) is 7.16. The summed E-state index contributed by atoms with van der Waals surface area (Å²) in [5, 5.41) is 15.1. The molecule has 0 spiro atoms. The second kappa shape index (κ2) is 9.17. The molecule has 0 fully saturated rings. The van der Waals surface area contributed by atoms with Gasteiger partial charge >= 0.3 is 0 Å². The standard InChI is InChI=1S/C21H25ClN2O2/c1-2-19(25)14-24(13-16-7-6-10-18(22)11-16)15-20-12-21(23-26-20)17-8-4-3-5-9-17/h3-11,19-20,25H,2,12-15H2,1H3. The summed E-state index contributed by atoms with van der Waals surface area (Å²) in [6.07, 6.45) is 1.14. The Hall–Kier alpha value is -1.88. The number of oxime groups is 1. The number of aliphatic hydroxyl groups excluding tert-OH is 1. The fourth-order valence-electron chi connectivity index (χ4n) is 3.14. The average Bonchev–Trinajstić information content (AvgIpc) is 3.11. The second-order valence-electron chi connectivity index (χ2n) is 6.72. The highest BCUT2D eigenvalue weighted by Gasteiger charge is 2.25. The van der Waals surface area contributed by atoms with Crippen LogP contribution in [-0.4, -0.2) is 41.0 Å². The number of hydrogen-bond donors (Lipinski definition) is 1. The Balaban J connectivity index is 1.63. The van der Waals surface area contributed by atoms with E-state index in [-0.39, 0.29) is 12.2 Å². The van der Waals surface area contributed by atoms with Crippen molar-refractivity contribution in [2.24, 2.45) is 5.16 Å². The van der Waals surface area contributed by atoms with Gasteiger partial charge in [0, 0.05) is 31.1 Å². The van der Waals surface area contributed by atoms with Crippen molar-refractivity contribution in [1.82, 2.24) is 4.90 Å². The number of hydrogen-bond acceptors (Lipinski definition) is 4. The minimum Gasteiger partial charge on any atom is -0.392 e. The molecule has 26 heavy (non-hydrogen) atoms. The monoisotopic (exact) mass is 372 g/mol. The van der Waals surface area contributed by atoms with Crippen LogP contribution in [0.4, 0.5) is 0 Å². The summed E-state index contributed by atoms with van der Waals surface area (Å²) in [5.41, 5.74) is 3.21. The van der Waals surface area contributed by atoms with Gasteiger partial charge < -0.3 is 9.94 Å². The maximum absolute atomic E-state index is 10.1. The van der Waals surface area contributed by atoms with Gasteiger partial charge in [0.15, 0.2) is 0 Å². The first-order valence-corrected chi connectivity index (χ1v) is 9.44. The number of nitrogens with zero attached hydrogens (tertiary/aromatic N) is 2. The van der Waals surface area contributed by atoms with E-state index in [4.69, 9.17) is 16.4 Å². The molecule has 2 unspecified atom stereocenters. The Labute approximate surface area is 160 Å². The summed E-state index contributed by atoms with van der Waals surface area (Å²) >= 11 is 6.11. The molecule has 2 aromatic carbocycles. The maximum Gasteiger partial charge on any atom is 0.145 e. The van der Waals surface area contributed by atoms with E-state index < -0.39 is 0 Å². The minimum absolute atomic E-state index is 0.00607. The molecule has 1 heterocycles. The van der Waals surface area contributed by atoms with Crippen LogP contribution in [0.1, 0.15) is 30.9 Å². The molecule has 1 aliphatic heterocycles. The highest BCUT2D eigenvalue weighted by atomic mass is 35.5. The van der Waals surface area contributed by atoms with Crippen molar-refractivity contribution in [2.45, 2.75) is 38.5 Å². The summed E-state index contributed by atoms with van der Waals surface area (Å²) in [7, 11) is 0. The molecule has 0 aliphatic carbocycles. The Morgan fingerprint density at radius 2 is 2.04 bits per heavy atom. The maximum atomic E-state index is 10.1. The van der Waals surface area contributed by atoms with Crippen LogP contribution in [0.25, 0.3) is 0 Å². The van der Waals surface area contributed by atoms with E-state index in [1.807, 2.05) is 43.3 Å². The lowest BCUT2D eigenvalue weighted by molar-refractivity contribution is 0.0315. The largest absolute Gasteiger partial charge is 0.392 e. The predicted octanol–water partition coefficient (Wildman–Crippen LogP) is 4.11. The van der Waals surface area contributed by atoms with Gasteiger partial charge in [-0.1, -0.05) is 66.1 Å². The van der Waals surface area contributed by atoms with Gasteiger partial charge in [-0.05, 0) is 29.7 Å². The summed E-state index contributed by atoms with van der Waals surface area (Å²) in [6, 6.07) is 18.0. The lowest BCUT2D eigenvalue weighted by atomic mass is 10.0. The summed E-state index contributed by atoms with van der Waals surface area (Å²) in [4.78, 5) is 7.88. The van der Waals surface area contributed by atoms with Crippen molar-refractivity contribution in [3.05, 3.63) is 70.7 Å². The zero-order valence-corrected chi connectivity index (χ0v) is 15.8. The van der Waals surface area contributed by atoms with Gasteiger partial charge in [0.2, 0.25) is 0 Å². The highest BCUT2D eigenvalue weighted by molar-refractivity contribution is 6.30. The van der Waals surface area contributed by atoms with E-state index in [1.165, 1.54) is 0 Å². The van der Waals surface area contributed by atoms with Gasteiger partial charge in [-0.25, -0.2) is 0 Å². The molecule has 0 aromatic heterocycles. The van der Waals surface area contributed by atoms with Crippen molar-refractivity contribution in [3.63, 3.8) is 0 Å². The minimum atomic E-state index is -0.356. The third-order valence-electron chi connectivity index (χ3n) is 4.54. The van der Waals surface area contributed by atoms with Crippen molar-refractivity contribution in [2.75, 3.05) is 13.1 Å². The lowest BCUT2D eigenvalue weighted by Gasteiger charge is -2.26. The first-order valence-electron chi connectivity index (χ1n) is 9.07.